The van der Waals surface area contributed by atoms with Crippen LogP contribution in [0.1, 0.15) is 42.7 Å². The zero-order valence-electron chi connectivity index (χ0n) is 18.4. The molecule has 1 aromatic heterocycles. The lowest BCUT2D eigenvalue weighted by Crippen LogP contribution is -2.36. The maximum Gasteiger partial charge on any atom is 0.273 e. The second-order valence-electron chi connectivity index (χ2n) is 7.92. The molecule has 0 saturated heterocycles. The van der Waals surface area contributed by atoms with Crippen LogP contribution in [0.4, 0.5) is 0 Å². The molecule has 1 heterocycles. The topological polar surface area (TPSA) is 70.8 Å². The number of nitrogens with zero attached hydrogens (tertiary/aromatic N) is 3. The van der Waals surface area contributed by atoms with Crippen molar-refractivity contribution in [2.24, 2.45) is 5.92 Å². The lowest BCUT2D eigenvalue weighted by molar-refractivity contribution is 0.0945. The predicted molar refractivity (Wildman–Crippen MR) is 114 cm³/mol. The molecule has 29 heavy (non-hydrogen) atoms. The first kappa shape index (κ1) is 22.9. The third-order valence-electron chi connectivity index (χ3n) is 5.05. The molecule has 2 rings (SSSR count). The van der Waals surface area contributed by atoms with Gasteiger partial charge in [0.1, 0.15) is 12.0 Å². The van der Waals surface area contributed by atoms with E-state index in [2.05, 4.69) is 48.1 Å². The van der Waals surface area contributed by atoms with E-state index in [0.29, 0.717) is 36.6 Å². The van der Waals surface area contributed by atoms with Gasteiger partial charge < -0.3 is 19.4 Å². The van der Waals surface area contributed by atoms with Gasteiger partial charge in [0.2, 0.25) is 5.89 Å². The van der Waals surface area contributed by atoms with Crippen molar-refractivity contribution in [3.8, 4) is 5.75 Å². The van der Waals surface area contributed by atoms with Crippen LogP contribution in [0.5, 0.6) is 5.75 Å². The zero-order valence-corrected chi connectivity index (χ0v) is 18.4. The van der Waals surface area contributed by atoms with Crippen molar-refractivity contribution in [1.29, 1.82) is 0 Å². The number of oxazole rings is 1. The number of carbonyl (C=O) groups excluding carboxylic acids is 1. The molecule has 1 atom stereocenters. The average molecular weight is 403 g/mol. The molecule has 7 nitrogen and oxygen atoms in total. The summed E-state index contributed by atoms with van der Waals surface area (Å²) in [5, 5.41) is 2.86. The van der Waals surface area contributed by atoms with E-state index in [-0.39, 0.29) is 5.91 Å². The summed E-state index contributed by atoms with van der Waals surface area (Å²) in [5.41, 5.74) is 1.51. The molecule has 0 saturated carbocycles. The number of rotatable bonds is 11. The summed E-state index contributed by atoms with van der Waals surface area (Å²) in [7, 11) is 5.60. The highest BCUT2D eigenvalue weighted by Crippen LogP contribution is 2.19. The third kappa shape index (κ3) is 7.18. The molecule has 0 aliphatic carbocycles. The minimum absolute atomic E-state index is 0.208. The summed E-state index contributed by atoms with van der Waals surface area (Å²) in [6, 6.07) is 8.39. The summed E-state index contributed by atoms with van der Waals surface area (Å²) in [4.78, 5) is 21.0. The van der Waals surface area contributed by atoms with Crippen LogP contribution in [-0.2, 0) is 13.1 Å². The molecule has 160 valence electrons. The Bertz CT molecular complexity index is 756. The molecule has 0 fully saturated rings. The Balaban J connectivity index is 2.04. The van der Waals surface area contributed by atoms with Gasteiger partial charge in [-0.1, -0.05) is 26.0 Å². The maximum atomic E-state index is 12.2. The highest BCUT2D eigenvalue weighted by atomic mass is 16.5. The summed E-state index contributed by atoms with van der Waals surface area (Å²) >= 11 is 0. The number of likely N-dealkylation sites (N-methyl/N-ethyl adjacent to an activating group) is 1. The number of hydrogen-bond acceptors (Lipinski definition) is 6. The molecule has 1 amide bonds. The lowest BCUT2D eigenvalue weighted by Gasteiger charge is -2.30. The van der Waals surface area contributed by atoms with Crippen LogP contribution in [0.3, 0.4) is 0 Å². The number of benzene rings is 1. The minimum atomic E-state index is -0.208. The van der Waals surface area contributed by atoms with Crippen LogP contribution in [-0.4, -0.2) is 61.0 Å². The van der Waals surface area contributed by atoms with Gasteiger partial charge in [0.25, 0.3) is 5.91 Å². The molecular weight excluding hydrogens is 368 g/mol. The van der Waals surface area contributed by atoms with Gasteiger partial charge in [-0.15, -0.1) is 0 Å². The van der Waals surface area contributed by atoms with Crippen molar-refractivity contribution in [2.45, 2.75) is 39.9 Å². The van der Waals surface area contributed by atoms with Gasteiger partial charge in [0, 0.05) is 25.7 Å². The molecule has 0 radical (unpaired) electrons. The van der Waals surface area contributed by atoms with Crippen LogP contribution >= 0.6 is 0 Å². The van der Waals surface area contributed by atoms with Crippen molar-refractivity contribution in [1.82, 2.24) is 20.1 Å². The van der Waals surface area contributed by atoms with Crippen molar-refractivity contribution < 1.29 is 13.9 Å². The zero-order chi connectivity index (χ0) is 21.4. The van der Waals surface area contributed by atoms with Gasteiger partial charge >= 0.3 is 0 Å². The molecule has 0 bridgehead atoms. The molecule has 0 spiro atoms. The largest absolute Gasteiger partial charge is 0.497 e. The van der Waals surface area contributed by atoms with E-state index >= 15 is 0 Å². The molecule has 1 N–H and O–H groups in total. The molecule has 1 aromatic carbocycles. The number of aromatic nitrogens is 1. The Labute approximate surface area is 174 Å². The third-order valence-corrected chi connectivity index (χ3v) is 5.05. The van der Waals surface area contributed by atoms with Gasteiger partial charge in [-0.2, -0.15) is 0 Å². The molecular formula is C22H34N4O3. The summed E-state index contributed by atoms with van der Waals surface area (Å²) in [5.74, 6) is 1.65. The second-order valence-corrected chi connectivity index (χ2v) is 7.92. The quantitative estimate of drug-likeness (QED) is 0.623. The fourth-order valence-electron chi connectivity index (χ4n) is 2.88. The van der Waals surface area contributed by atoms with Crippen LogP contribution < -0.4 is 10.1 Å². The van der Waals surface area contributed by atoms with E-state index in [1.165, 1.54) is 11.8 Å². The van der Waals surface area contributed by atoms with Crippen LogP contribution in [0, 0.1) is 5.92 Å². The Morgan fingerprint density at radius 3 is 2.45 bits per heavy atom. The van der Waals surface area contributed by atoms with E-state index in [1.807, 2.05) is 31.1 Å². The molecule has 0 unspecified atom stereocenters. The van der Waals surface area contributed by atoms with E-state index in [0.717, 1.165) is 18.8 Å². The smallest absolute Gasteiger partial charge is 0.273 e. The van der Waals surface area contributed by atoms with E-state index in [9.17, 15) is 4.79 Å². The van der Waals surface area contributed by atoms with E-state index in [4.69, 9.17) is 9.15 Å². The number of methoxy groups -OCH3 is 1. The van der Waals surface area contributed by atoms with Gasteiger partial charge in [-0.05, 0) is 44.6 Å². The van der Waals surface area contributed by atoms with Crippen molar-refractivity contribution in [2.75, 3.05) is 34.3 Å². The highest BCUT2D eigenvalue weighted by Gasteiger charge is 2.21. The Hall–Kier alpha value is -2.38. The normalized spacial score (nSPS) is 12.6. The van der Waals surface area contributed by atoms with Crippen molar-refractivity contribution >= 4 is 5.91 Å². The number of nitrogens with one attached hydrogen (secondary N) is 1. The van der Waals surface area contributed by atoms with E-state index < -0.39 is 0 Å². The number of carbonyl (C=O) groups is 1. The van der Waals surface area contributed by atoms with Crippen molar-refractivity contribution in [3.63, 3.8) is 0 Å². The Morgan fingerprint density at radius 1 is 1.17 bits per heavy atom. The molecule has 2 aromatic rings. The van der Waals surface area contributed by atoms with Gasteiger partial charge in [-0.3, -0.25) is 9.69 Å². The number of ether oxygens (including phenoxy) is 1. The maximum absolute atomic E-state index is 12.2. The van der Waals surface area contributed by atoms with Gasteiger partial charge in [0.15, 0.2) is 5.69 Å². The molecule has 7 heteroatoms. The van der Waals surface area contributed by atoms with Gasteiger partial charge in [0.05, 0.1) is 13.7 Å². The minimum Gasteiger partial charge on any atom is -0.497 e. The summed E-state index contributed by atoms with van der Waals surface area (Å²) < 4.78 is 10.8. The first-order chi connectivity index (χ1) is 13.8. The first-order valence-electron chi connectivity index (χ1n) is 10.0. The number of amides is 1. The monoisotopic (exact) mass is 402 g/mol. The Morgan fingerprint density at radius 2 is 1.86 bits per heavy atom. The van der Waals surface area contributed by atoms with Crippen LogP contribution in [0.25, 0.3) is 0 Å². The number of hydrogen-bond donors (Lipinski definition) is 1. The molecule has 0 aliphatic heterocycles. The predicted octanol–water partition coefficient (Wildman–Crippen LogP) is 3.02. The summed E-state index contributed by atoms with van der Waals surface area (Å²) in [6.07, 6.45) is 1.44. The highest BCUT2D eigenvalue weighted by molar-refractivity contribution is 5.91. The van der Waals surface area contributed by atoms with Gasteiger partial charge in [-0.25, -0.2) is 4.98 Å². The standard InChI is InChI=1S/C22H34N4O3/c1-16(2)17(3)26(13-18-7-9-19(28-6)10-8-18)14-21-24-20(15-29-21)22(27)23-11-12-25(4)5/h7-10,15-17H,11-14H2,1-6H3,(H,23,27)/t17-/m0/s1. The SMILES string of the molecule is COc1ccc(CN(Cc2nc(C(=O)NCCN(C)C)co2)[C@@H](C)C(C)C)cc1. The lowest BCUT2D eigenvalue weighted by atomic mass is 10.0. The van der Waals surface area contributed by atoms with Crippen molar-refractivity contribution in [3.05, 3.63) is 47.7 Å². The van der Waals surface area contributed by atoms with Crippen LogP contribution in [0.15, 0.2) is 34.9 Å². The fraction of sp³-hybridized carbons (Fsp3) is 0.545. The fourth-order valence-corrected chi connectivity index (χ4v) is 2.88. The average Bonchev–Trinajstić information content (AvgIpc) is 3.15. The summed E-state index contributed by atoms with van der Waals surface area (Å²) in [6.45, 7) is 9.24. The first-order valence-corrected chi connectivity index (χ1v) is 10.0. The van der Waals surface area contributed by atoms with E-state index in [1.54, 1.807) is 7.11 Å². The Kier molecular flexibility index (Phi) is 8.67. The second kappa shape index (κ2) is 11.0. The van der Waals surface area contributed by atoms with Crippen LogP contribution in [0.2, 0.25) is 0 Å². The molecule has 0 aliphatic rings.